The molecule has 0 saturated carbocycles. The summed E-state index contributed by atoms with van der Waals surface area (Å²) in [6, 6.07) is 59.7. The van der Waals surface area contributed by atoms with Crippen molar-refractivity contribution in [2.75, 3.05) is 4.90 Å². The lowest BCUT2D eigenvalue weighted by molar-refractivity contribution is 0.669. The smallest absolute Gasteiger partial charge is 0.160 e. The maximum Gasteiger partial charge on any atom is 0.160 e. The predicted octanol–water partition coefficient (Wildman–Crippen LogP) is 13.3. The zero-order chi connectivity index (χ0) is 31.3. The monoisotopic (exact) mass is 621 g/mol. The van der Waals surface area contributed by atoms with Crippen LogP contribution < -0.4 is 4.90 Å². The molecule has 0 atom stereocenters. The third-order valence-electron chi connectivity index (χ3n) is 9.11. The number of rotatable bonds is 5. The number of fused-ring (bicyclic) bond motifs is 7. The van der Waals surface area contributed by atoms with Gasteiger partial charge in [0.15, 0.2) is 5.58 Å². The third kappa shape index (κ3) is 4.74. The van der Waals surface area contributed by atoms with Gasteiger partial charge in [-0.15, -0.1) is 0 Å². The number of benzene rings is 8. The van der Waals surface area contributed by atoms with Crippen LogP contribution in [0.4, 0.5) is 17.1 Å². The highest BCUT2D eigenvalue weighted by molar-refractivity contribution is 6.30. The van der Waals surface area contributed by atoms with E-state index < -0.39 is 0 Å². The summed E-state index contributed by atoms with van der Waals surface area (Å²) in [5.74, 6) is 0. The van der Waals surface area contributed by atoms with Crippen LogP contribution in [0.25, 0.3) is 65.7 Å². The third-order valence-corrected chi connectivity index (χ3v) is 9.36. The highest BCUT2D eigenvalue weighted by atomic mass is 35.5. The molecule has 0 fully saturated rings. The number of halogens is 1. The van der Waals surface area contributed by atoms with Crippen LogP contribution >= 0.6 is 11.6 Å². The van der Waals surface area contributed by atoms with Gasteiger partial charge in [0.1, 0.15) is 5.58 Å². The first kappa shape index (κ1) is 27.5. The average molecular weight is 622 g/mol. The van der Waals surface area contributed by atoms with Gasteiger partial charge in [-0.2, -0.15) is 0 Å². The van der Waals surface area contributed by atoms with E-state index in [-0.39, 0.29) is 0 Å². The molecule has 0 unspecified atom stereocenters. The molecule has 0 aliphatic heterocycles. The standard InChI is InChI=1S/C44H28ClNO/c45-35-21-14-30(15-22-35)32-18-25-37(26-19-32)46(36-23-16-31(17-24-36)29-8-2-1-3-9-29)40-28-34-11-5-7-13-39(34)43-42-38-12-6-4-10-33(38)20-27-41(42)47-44(40)43/h1-28H. The van der Waals surface area contributed by atoms with E-state index >= 15 is 0 Å². The van der Waals surface area contributed by atoms with Gasteiger partial charge in [0.05, 0.1) is 5.69 Å². The predicted molar refractivity (Wildman–Crippen MR) is 199 cm³/mol. The van der Waals surface area contributed by atoms with Crippen molar-refractivity contribution in [3.8, 4) is 22.3 Å². The van der Waals surface area contributed by atoms with Crippen molar-refractivity contribution in [3.05, 3.63) is 175 Å². The number of nitrogens with zero attached hydrogens (tertiary/aromatic N) is 1. The van der Waals surface area contributed by atoms with Crippen molar-refractivity contribution in [1.29, 1.82) is 0 Å². The summed E-state index contributed by atoms with van der Waals surface area (Å²) in [5, 5.41) is 7.74. The second kappa shape index (κ2) is 11.2. The lowest BCUT2D eigenvalue weighted by atomic mass is 9.98. The van der Waals surface area contributed by atoms with Crippen LogP contribution in [-0.2, 0) is 0 Å². The largest absolute Gasteiger partial charge is 0.454 e. The van der Waals surface area contributed by atoms with Crippen LogP contribution in [0.2, 0.25) is 5.02 Å². The number of hydrogen-bond acceptors (Lipinski definition) is 2. The molecule has 47 heavy (non-hydrogen) atoms. The van der Waals surface area contributed by atoms with Gasteiger partial charge in [-0.25, -0.2) is 0 Å². The first-order valence-electron chi connectivity index (χ1n) is 15.8. The molecule has 0 bridgehead atoms. The molecule has 1 aromatic heterocycles. The fourth-order valence-corrected chi connectivity index (χ4v) is 6.97. The zero-order valence-electron chi connectivity index (χ0n) is 25.4. The van der Waals surface area contributed by atoms with Crippen molar-refractivity contribution < 1.29 is 4.42 Å². The molecular formula is C44H28ClNO. The molecule has 3 heteroatoms. The highest BCUT2D eigenvalue weighted by Crippen LogP contribution is 2.47. The SMILES string of the molecule is Clc1ccc(-c2ccc(N(c3ccc(-c4ccccc4)cc3)c3cc4ccccc4c4c3oc3ccc5ccccc5c34)cc2)cc1. The Hall–Kier alpha value is -5.83. The number of anilines is 3. The molecule has 0 aliphatic rings. The maximum absolute atomic E-state index is 6.87. The summed E-state index contributed by atoms with van der Waals surface area (Å²) >= 11 is 6.19. The first-order chi connectivity index (χ1) is 23.2. The maximum atomic E-state index is 6.87. The van der Waals surface area contributed by atoms with Crippen LogP contribution in [-0.4, -0.2) is 0 Å². The Kier molecular flexibility index (Phi) is 6.55. The lowest BCUT2D eigenvalue weighted by Gasteiger charge is -2.26. The average Bonchev–Trinajstić information content (AvgIpc) is 3.54. The van der Waals surface area contributed by atoms with E-state index in [0.717, 1.165) is 60.5 Å². The molecule has 0 N–H and O–H groups in total. The van der Waals surface area contributed by atoms with E-state index in [0.29, 0.717) is 0 Å². The number of hydrogen-bond donors (Lipinski definition) is 0. The van der Waals surface area contributed by atoms with Crippen LogP contribution in [0.1, 0.15) is 0 Å². The van der Waals surface area contributed by atoms with Crippen molar-refractivity contribution >= 4 is 72.1 Å². The summed E-state index contributed by atoms with van der Waals surface area (Å²) in [6.07, 6.45) is 0. The van der Waals surface area contributed by atoms with Gasteiger partial charge in [0.2, 0.25) is 0 Å². The van der Waals surface area contributed by atoms with Gasteiger partial charge in [0, 0.05) is 27.2 Å². The van der Waals surface area contributed by atoms with Crippen molar-refractivity contribution in [2.24, 2.45) is 0 Å². The van der Waals surface area contributed by atoms with E-state index in [2.05, 4.69) is 163 Å². The highest BCUT2D eigenvalue weighted by Gasteiger charge is 2.23. The molecule has 1 heterocycles. The van der Waals surface area contributed by atoms with Crippen molar-refractivity contribution in [2.45, 2.75) is 0 Å². The Morgan fingerprint density at radius 3 is 1.57 bits per heavy atom. The summed E-state index contributed by atoms with van der Waals surface area (Å²) < 4.78 is 6.87. The molecule has 0 spiro atoms. The van der Waals surface area contributed by atoms with E-state index in [9.17, 15) is 0 Å². The minimum atomic E-state index is 0.731. The fraction of sp³-hybridized carbons (Fsp3) is 0. The molecule has 222 valence electrons. The van der Waals surface area contributed by atoms with Crippen LogP contribution in [0.5, 0.6) is 0 Å². The van der Waals surface area contributed by atoms with Crippen molar-refractivity contribution in [1.82, 2.24) is 0 Å². The molecule has 9 rings (SSSR count). The minimum absolute atomic E-state index is 0.731. The molecule has 0 saturated heterocycles. The Labute approximate surface area is 277 Å². The Balaban J connectivity index is 1.30. The van der Waals surface area contributed by atoms with Crippen molar-refractivity contribution in [3.63, 3.8) is 0 Å². The molecule has 0 amide bonds. The summed E-state index contributed by atoms with van der Waals surface area (Å²) in [6.45, 7) is 0. The van der Waals surface area contributed by atoms with Crippen LogP contribution in [0.15, 0.2) is 174 Å². The van der Waals surface area contributed by atoms with E-state index in [1.54, 1.807) is 0 Å². The normalized spacial score (nSPS) is 11.5. The topological polar surface area (TPSA) is 16.4 Å². The van der Waals surface area contributed by atoms with Gasteiger partial charge in [-0.05, 0) is 92.3 Å². The van der Waals surface area contributed by atoms with Gasteiger partial charge >= 0.3 is 0 Å². The van der Waals surface area contributed by atoms with Gasteiger partial charge in [-0.3, -0.25) is 0 Å². The van der Waals surface area contributed by atoms with E-state index in [1.807, 2.05) is 12.1 Å². The molecule has 8 aromatic carbocycles. The molecule has 9 aromatic rings. The summed E-state index contributed by atoms with van der Waals surface area (Å²) in [4.78, 5) is 2.32. The minimum Gasteiger partial charge on any atom is -0.454 e. The van der Waals surface area contributed by atoms with Crippen LogP contribution in [0, 0.1) is 0 Å². The first-order valence-corrected chi connectivity index (χ1v) is 16.2. The quantitative estimate of drug-likeness (QED) is 0.190. The fourth-order valence-electron chi connectivity index (χ4n) is 6.84. The van der Waals surface area contributed by atoms with E-state index in [4.69, 9.17) is 16.0 Å². The molecule has 2 nitrogen and oxygen atoms in total. The van der Waals surface area contributed by atoms with Crippen LogP contribution in [0.3, 0.4) is 0 Å². The molecule has 0 aliphatic carbocycles. The summed E-state index contributed by atoms with van der Waals surface area (Å²) in [5.41, 5.74) is 9.44. The number of furan rings is 1. The van der Waals surface area contributed by atoms with Gasteiger partial charge in [-0.1, -0.05) is 133 Å². The Bertz CT molecular complexity index is 2550. The van der Waals surface area contributed by atoms with Gasteiger partial charge < -0.3 is 9.32 Å². The zero-order valence-corrected chi connectivity index (χ0v) is 26.2. The second-order valence-electron chi connectivity index (χ2n) is 11.9. The Morgan fingerprint density at radius 1 is 0.426 bits per heavy atom. The van der Waals surface area contributed by atoms with E-state index in [1.165, 1.54) is 27.3 Å². The second-order valence-corrected chi connectivity index (χ2v) is 12.3. The molecular weight excluding hydrogens is 594 g/mol. The van der Waals surface area contributed by atoms with Gasteiger partial charge in [0.25, 0.3) is 0 Å². The lowest BCUT2D eigenvalue weighted by Crippen LogP contribution is -2.10. The Morgan fingerprint density at radius 2 is 0.936 bits per heavy atom. The molecule has 0 radical (unpaired) electrons. The summed E-state index contributed by atoms with van der Waals surface area (Å²) in [7, 11) is 0.